The fourth-order valence-corrected chi connectivity index (χ4v) is 1.33. The fraction of sp³-hybridized carbons (Fsp3) is 0.583. The van der Waals surface area contributed by atoms with Crippen LogP contribution in [0.2, 0.25) is 0 Å². The molecule has 0 aliphatic carbocycles. The van der Waals surface area contributed by atoms with E-state index in [1.807, 2.05) is 32.2 Å². The van der Waals surface area contributed by atoms with E-state index in [2.05, 4.69) is 10.3 Å². The van der Waals surface area contributed by atoms with Crippen molar-refractivity contribution in [3.63, 3.8) is 0 Å². The molecule has 0 radical (unpaired) electrons. The highest BCUT2D eigenvalue weighted by Gasteiger charge is 1.97. The minimum absolute atomic E-state index is 0.546. The van der Waals surface area contributed by atoms with E-state index in [1.54, 1.807) is 0 Å². The maximum Gasteiger partial charge on any atom is 0.0889 e. The van der Waals surface area contributed by atoms with Crippen LogP contribution in [0.5, 0.6) is 0 Å². The third-order valence-corrected chi connectivity index (χ3v) is 2.05. The van der Waals surface area contributed by atoms with Gasteiger partial charge in [-0.2, -0.15) is 0 Å². The lowest BCUT2D eigenvalue weighted by atomic mass is 10.3. The van der Waals surface area contributed by atoms with Crippen molar-refractivity contribution in [1.82, 2.24) is 10.3 Å². The molecule has 0 aliphatic heterocycles. The number of aromatic nitrogens is 1. The lowest BCUT2D eigenvalue weighted by molar-refractivity contribution is 0.0441. The molecule has 1 aromatic heterocycles. The van der Waals surface area contributed by atoms with Crippen LogP contribution in [0.3, 0.4) is 0 Å². The molecule has 0 bridgehead atoms. The van der Waals surface area contributed by atoms with Crippen molar-refractivity contribution >= 4 is 0 Å². The van der Waals surface area contributed by atoms with Gasteiger partial charge in [0.1, 0.15) is 0 Å². The minimum atomic E-state index is 0.546. The Morgan fingerprint density at radius 1 is 1.19 bits per heavy atom. The average Bonchev–Trinajstić information content (AvgIpc) is 2.30. The zero-order valence-electron chi connectivity index (χ0n) is 10.0. The molecule has 1 heterocycles. The van der Waals surface area contributed by atoms with Crippen LogP contribution in [-0.4, -0.2) is 31.9 Å². The van der Waals surface area contributed by atoms with E-state index < -0.39 is 0 Å². The van der Waals surface area contributed by atoms with Crippen molar-refractivity contribution in [2.45, 2.75) is 20.1 Å². The number of hydrogen-bond acceptors (Lipinski definition) is 4. The summed E-state index contributed by atoms with van der Waals surface area (Å²) in [5, 5.41) is 3.07. The summed E-state index contributed by atoms with van der Waals surface area (Å²) >= 11 is 0. The molecular weight excluding hydrogens is 204 g/mol. The molecule has 90 valence electrons. The van der Waals surface area contributed by atoms with E-state index in [0.29, 0.717) is 19.8 Å². The molecule has 4 heteroatoms. The normalized spacial score (nSPS) is 10.6. The van der Waals surface area contributed by atoms with Gasteiger partial charge in [0, 0.05) is 13.2 Å². The third-order valence-electron chi connectivity index (χ3n) is 2.05. The first-order valence-electron chi connectivity index (χ1n) is 5.61. The molecule has 0 fully saturated rings. The molecule has 4 nitrogen and oxygen atoms in total. The van der Waals surface area contributed by atoms with Crippen LogP contribution >= 0.6 is 0 Å². The molecule has 0 saturated heterocycles. The molecule has 0 saturated carbocycles. The third kappa shape index (κ3) is 5.21. The number of nitrogens with zero attached hydrogens (tertiary/aromatic N) is 1. The van der Waals surface area contributed by atoms with Gasteiger partial charge >= 0.3 is 0 Å². The van der Waals surface area contributed by atoms with Gasteiger partial charge in [0.15, 0.2) is 0 Å². The topological polar surface area (TPSA) is 43.4 Å². The van der Waals surface area contributed by atoms with Crippen molar-refractivity contribution in [3.8, 4) is 0 Å². The summed E-state index contributed by atoms with van der Waals surface area (Å²) in [5.41, 5.74) is 2.00. The van der Waals surface area contributed by atoms with Crippen LogP contribution in [-0.2, 0) is 22.6 Å². The number of rotatable bonds is 8. The van der Waals surface area contributed by atoms with Crippen molar-refractivity contribution < 1.29 is 9.47 Å². The molecule has 0 spiro atoms. The number of hydrogen-bond donors (Lipinski definition) is 1. The summed E-state index contributed by atoms with van der Waals surface area (Å²) in [7, 11) is 1.91. The monoisotopic (exact) mass is 224 g/mol. The number of nitrogens with one attached hydrogen (secondary N) is 1. The summed E-state index contributed by atoms with van der Waals surface area (Å²) in [6.07, 6.45) is 0. The molecule has 0 atom stereocenters. The van der Waals surface area contributed by atoms with Gasteiger partial charge in [0.05, 0.1) is 31.2 Å². The van der Waals surface area contributed by atoms with Crippen LogP contribution < -0.4 is 5.32 Å². The Bertz CT molecular complexity index is 292. The summed E-state index contributed by atoms with van der Waals surface area (Å²) in [5.74, 6) is 0. The molecule has 0 aromatic carbocycles. The minimum Gasteiger partial charge on any atom is -0.379 e. The lowest BCUT2D eigenvalue weighted by Gasteiger charge is -2.05. The summed E-state index contributed by atoms with van der Waals surface area (Å²) in [6, 6.07) is 5.97. The second-order valence-corrected chi connectivity index (χ2v) is 3.40. The van der Waals surface area contributed by atoms with Gasteiger partial charge in [-0.15, -0.1) is 0 Å². The Kier molecular flexibility index (Phi) is 6.72. The number of ether oxygens (including phenoxy) is 2. The van der Waals surface area contributed by atoms with Crippen molar-refractivity contribution in [1.29, 1.82) is 0 Å². The predicted molar refractivity (Wildman–Crippen MR) is 63.1 cm³/mol. The molecule has 1 N–H and O–H groups in total. The first-order valence-corrected chi connectivity index (χ1v) is 5.61. The summed E-state index contributed by atoms with van der Waals surface area (Å²) in [4.78, 5) is 4.45. The number of pyridine rings is 1. The van der Waals surface area contributed by atoms with E-state index in [4.69, 9.17) is 9.47 Å². The van der Waals surface area contributed by atoms with Crippen molar-refractivity contribution in [3.05, 3.63) is 29.6 Å². The first-order chi connectivity index (χ1) is 7.86. The van der Waals surface area contributed by atoms with Gasteiger partial charge in [-0.1, -0.05) is 6.07 Å². The van der Waals surface area contributed by atoms with Crippen LogP contribution in [0.25, 0.3) is 0 Å². The highest BCUT2D eigenvalue weighted by atomic mass is 16.5. The fourth-order valence-electron chi connectivity index (χ4n) is 1.33. The van der Waals surface area contributed by atoms with E-state index in [1.165, 1.54) is 0 Å². The molecule has 1 aromatic rings. The van der Waals surface area contributed by atoms with Gasteiger partial charge < -0.3 is 14.8 Å². The Hall–Kier alpha value is -0.970. The van der Waals surface area contributed by atoms with Crippen LogP contribution in [0.4, 0.5) is 0 Å². The molecule has 0 unspecified atom stereocenters. The summed E-state index contributed by atoms with van der Waals surface area (Å²) in [6.45, 7) is 5.30. The quantitative estimate of drug-likeness (QED) is 0.677. The van der Waals surface area contributed by atoms with Crippen molar-refractivity contribution in [2.24, 2.45) is 0 Å². The lowest BCUT2D eigenvalue weighted by Crippen LogP contribution is -2.09. The molecular formula is C12H20N2O2. The predicted octanol–water partition coefficient (Wildman–Crippen LogP) is 1.35. The van der Waals surface area contributed by atoms with E-state index in [9.17, 15) is 0 Å². The maximum atomic E-state index is 5.45. The molecule has 0 amide bonds. The van der Waals surface area contributed by atoms with Gasteiger partial charge in [-0.3, -0.25) is 4.98 Å². The van der Waals surface area contributed by atoms with Crippen LogP contribution in [0.1, 0.15) is 18.3 Å². The Labute approximate surface area is 97.0 Å². The van der Waals surface area contributed by atoms with E-state index >= 15 is 0 Å². The second-order valence-electron chi connectivity index (χ2n) is 3.40. The molecule has 16 heavy (non-hydrogen) atoms. The zero-order valence-corrected chi connectivity index (χ0v) is 10.0. The summed E-state index contributed by atoms with van der Waals surface area (Å²) < 4.78 is 10.6. The Morgan fingerprint density at radius 2 is 1.94 bits per heavy atom. The SMILES string of the molecule is CCOCCOCc1cccc(CNC)n1. The average molecular weight is 224 g/mol. The smallest absolute Gasteiger partial charge is 0.0889 e. The molecule has 1 rings (SSSR count). The van der Waals surface area contributed by atoms with E-state index in [0.717, 1.165) is 24.5 Å². The maximum absolute atomic E-state index is 5.45. The molecule has 0 aliphatic rings. The Balaban J connectivity index is 2.27. The van der Waals surface area contributed by atoms with E-state index in [-0.39, 0.29) is 0 Å². The zero-order chi connectivity index (χ0) is 11.6. The first kappa shape index (κ1) is 13.1. The van der Waals surface area contributed by atoms with Crippen LogP contribution in [0, 0.1) is 0 Å². The standard InChI is InChI=1S/C12H20N2O2/c1-3-15-7-8-16-10-12-6-4-5-11(14-12)9-13-2/h4-6,13H,3,7-10H2,1-2H3. The van der Waals surface area contributed by atoms with Crippen LogP contribution in [0.15, 0.2) is 18.2 Å². The van der Waals surface area contributed by atoms with Gasteiger partial charge in [0.25, 0.3) is 0 Å². The second kappa shape index (κ2) is 8.21. The Morgan fingerprint density at radius 3 is 2.69 bits per heavy atom. The van der Waals surface area contributed by atoms with Gasteiger partial charge in [-0.05, 0) is 26.1 Å². The van der Waals surface area contributed by atoms with Crippen molar-refractivity contribution in [2.75, 3.05) is 26.9 Å². The van der Waals surface area contributed by atoms with Gasteiger partial charge in [0.2, 0.25) is 0 Å². The highest BCUT2D eigenvalue weighted by molar-refractivity contribution is 5.10. The van der Waals surface area contributed by atoms with Gasteiger partial charge in [-0.25, -0.2) is 0 Å². The largest absolute Gasteiger partial charge is 0.379 e. The highest BCUT2D eigenvalue weighted by Crippen LogP contribution is 2.01.